The van der Waals surface area contributed by atoms with E-state index < -0.39 is 29.4 Å². The van der Waals surface area contributed by atoms with Crippen LogP contribution in [0.4, 0.5) is 4.39 Å². The van der Waals surface area contributed by atoms with E-state index in [1.807, 2.05) is 42.5 Å². The van der Waals surface area contributed by atoms with E-state index in [-0.39, 0.29) is 19.2 Å². The Morgan fingerprint density at radius 3 is 2.54 bits per heavy atom. The first kappa shape index (κ1) is 20.2. The zero-order chi connectivity index (χ0) is 20.3. The van der Waals surface area contributed by atoms with Crippen molar-refractivity contribution in [2.75, 3.05) is 6.61 Å². The highest BCUT2D eigenvalue weighted by atomic mass is 19.1. The van der Waals surface area contributed by atoms with Crippen LogP contribution in [0.5, 0.6) is 0 Å². The van der Waals surface area contributed by atoms with Gasteiger partial charge in [-0.05, 0) is 49.2 Å². The number of benzene rings is 2. The van der Waals surface area contributed by atoms with Gasteiger partial charge in [0, 0.05) is 5.92 Å². The van der Waals surface area contributed by atoms with Gasteiger partial charge in [0.1, 0.15) is 12.7 Å². The van der Waals surface area contributed by atoms with E-state index in [0.717, 1.165) is 16.3 Å². The second-order valence-electron chi connectivity index (χ2n) is 8.13. The van der Waals surface area contributed by atoms with Crippen molar-refractivity contribution >= 4 is 22.5 Å². The quantitative estimate of drug-likeness (QED) is 0.717. The number of halogens is 1. The summed E-state index contributed by atoms with van der Waals surface area (Å²) < 4.78 is 25.7. The number of esters is 1. The first-order chi connectivity index (χ1) is 13.3. The average molecular weight is 384 g/mol. The predicted molar refractivity (Wildman–Crippen MR) is 105 cm³/mol. The van der Waals surface area contributed by atoms with Crippen molar-refractivity contribution in [2.45, 2.75) is 39.7 Å². The maximum Gasteiger partial charge on any atom is 0.311 e. The van der Waals surface area contributed by atoms with E-state index in [1.54, 1.807) is 26.8 Å². The lowest BCUT2D eigenvalue weighted by Gasteiger charge is -2.30. The molecule has 148 valence electrons. The summed E-state index contributed by atoms with van der Waals surface area (Å²) in [5, 5.41) is 2.17. The molecule has 0 spiro atoms. The Labute approximate surface area is 164 Å². The second kappa shape index (κ2) is 8.23. The number of alkyl halides is 1. The minimum absolute atomic E-state index is 0.0251. The number of hydrogen-bond donors (Lipinski definition) is 0. The highest BCUT2D eigenvalue weighted by Gasteiger charge is 2.38. The molecule has 0 fully saturated rings. The molecule has 0 N–H and O–H groups in total. The van der Waals surface area contributed by atoms with Crippen molar-refractivity contribution in [3.63, 3.8) is 0 Å². The van der Waals surface area contributed by atoms with Crippen LogP contribution in [0, 0.1) is 11.3 Å². The largest absolute Gasteiger partial charge is 0.465 e. The van der Waals surface area contributed by atoms with Crippen LogP contribution in [0.2, 0.25) is 0 Å². The molecule has 3 rings (SSSR count). The number of allylic oxidation sites excluding steroid dienone is 1. The molecule has 2 aromatic carbocycles. The van der Waals surface area contributed by atoms with Gasteiger partial charge in [-0.2, -0.15) is 0 Å². The molecule has 0 aromatic heterocycles. The van der Waals surface area contributed by atoms with Crippen LogP contribution < -0.4 is 0 Å². The average Bonchev–Trinajstić information content (AvgIpc) is 2.67. The van der Waals surface area contributed by atoms with Crippen molar-refractivity contribution in [1.82, 2.24) is 0 Å². The SMILES string of the molecule is CC(C)(C)C(=O)OC[C@H]1C=CC(=O)[C@H](F)[C@@H]1OCc1ccc2ccccc2c1. The fraction of sp³-hybridized carbons (Fsp3) is 0.391. The van der Waals surface area contributed by atoms with Gasteiger partial charge in [-0.15, -0.1) is 0 Å². The van der Waals surface area contributed by atoms with Crippen LogP contribution in [0.1, 0.15) is 26.3 Å². The van der Waals surface area contributed by atoms with Crippen molar-refractivity contribution < 1.29 is 23.5 Å². The standard InChI is InChI=1S/C23H25FO4/c1-23(2,3)22(26)28-14-18-10-11-19(25)20(24)21(18)27-13-15-8-9-16-6-4-5-7-17(16)12-15/h4-12,18,20-21H,13-14H2,1-3H3/t18-,20+,21-/m1/s1. The Hall–Kier alpha value is -2.53. The molecule has 0 radical (unpaired) electrons. The topological polar surface area (TPSA) is 52.6 Å². The summed E-state index contributed by atoms with van der Waals surface area (Å²) in [5.41, 5.74) is 0.239. The van der Waals surface area contributed by atoms with Gasteiger partial charge in [-0.3, -0.25) is 9.59 Å². The fourth-order valence-corrected chi connectivity index (χ4v) is 3.07. The number of ketones is 1. The molecular weight excluding hydrogens is 359 g/mol. The van der Waals surface area contributed by atoms with Gasteiger partial charge in [0.2, 0.25) is 0 Å². The molecule has 0 saturated carbocycles. The number of ether oxygens (including phenoxy) is 2. The van der Waals surface area contributed by atoms with Crippen molar-refractivity contribution in [3.05, 3.63) is 60.2 Å². The zero-order valence-corrected chi connectivity index (χ0v) is 16.4. The molecule has 1 aliphatic rings. The lowest BCUT2D eigenvalue weighted by molar-refractivity contribution is -0.156. The third-order valence-electron chi connectivity index (χ3n) is 4.77. The van der Waals surface area contributed by atoms with Crippen LogP contribution >= 0.6 is 0 Å². The summed E-state index contributed by atoms with van der Waals surface area (Å²) in [6.07, 6.45) is 0.00997. The van der Waals surface area contributed by atoms with Crippen molar-refractivity contribution in [1.29, 1.82) is 0 Å². The third kappa shape index (κ3) is 4.65. The Morgan fingerprint density at radius 2 is 1.82 bits per heavy atom. The summed E-state index contributed by atoms with van der Waals surface area (Å²) in [6.45, 7) is 5.40. The summed E-state index contributed by atoms with van der Waals surface area (Å²) in [6, 6.07) is 13.8. The van der Waals surface area contributed by atoms with Crippen LogP contribution in [0.25, 0.3) is 10.8 Å². The molecule has 1 aliphatic carbocycles. The molecule has 0 unspecified atom stereocenters. The molecule has 0 saturated heterocycles. The Kier molecular flexibility index (Phi) is 5.94. The first-order valence-electron chi connectivity index (χ1n) is 9.38. The molecule has 0 heterocycles. The fourth-order valence-electron chi connectivity index (χ4n) is 3.07. The molecule has 0 amide bonds. The van der Waals surface area contributed by atoms with Gasteiger partial charge in [-0.1, -0.05) is 42.5 Å². The number of fused-ring (bicyclic) bond motifs is 1. The molecule has 2 aromatic rings. The van der Waals surface area contributed by atoms with E-state index in [4.69, 9.17) is 9.47 Å². The van der Waals surface area contributed by atoms with Crippen LogP contribution in [-0.2, 0) is 25.7 Å². The number of carbonyl (C=O) groups excluding carboxylic acids is 2. The van der Waals surface area contributed by atoms with Gasteiger partial charge >= 0.3 is 5.97 Å². The first-order valence-corrected chi connectivity index (χ1v) is 9.38. The van der Waals surface area contributed by atoms with Crippen molar-refractivity contribution in [2.24, 2.45) is 11.3 Å². The van der Waals surface area contributed by atoms with E-state index in [1.165, 1.54) is 6.08 Å². The monoisotopic (exact) mass is 384 g/mol. The molecule has 0 bridgehead atoms. The van der Waals surface area contributed by atoms with E-state index in [9.17, 15) is 14.0 Å². The molecule has 0 aliphatic heterocycles. The minimum Gasteiger partial charge on any atom is -0.465 e. The van der Waals surface area contributed by atoms with E-state index in [0.29, 0.717) is 0 Å². The minimum atomic E-state index is -1.77. The van der Waals surface area contributed by atoms with Crippen LogP contribution in [0.15, 0.2) is 54.6 Å². The van der Waals surface area contributed by atoms with Gasteiger partial charge in [0.25, 0.3) is 0 Å². The van der Waals surface area contributed by atoms with Gasteiger partial charge in [0.15, 0.2) is 12.0 Å². The number of carbonyl (C=O) groups is 2. The van der Waals surface area contributed by atoms with Gasteiger partial charge in [0.05, 0.1) is 12.0 Å². The van der Waals surface area contributed by atoms with Crippen molar-refractivity contribution in [3.8, 4) is 0 Å². The Morgan fingerprint density at radius 1 is 1.11 bits per heavy atom. The summed E-state index contributed by atoms with van der Waals surface area (Å²) in [7, 11) is 0. The third-order valence-corrected chi connectivity index (χ3v) is 4.77. The zero-order valence-electron chi connectivity index (χ0n) is 16.4. The molecule has 5 heteroatoms. The van der Waals surface area contributed by atoms with E-state index in [2.05, 4.69) is 0 Å². The number of hydrogen-bond acceptors (Lipinski definition) is 4. The highest BCUT2D eigenvalue weighted by molar-refractivity contribution is 5.95. The predicted octanol–water partition coefficient (Wildman–Crippen LogP) is 4.41. The molecule has 28 heavy (non-hydrogen) atoms. The second-order valence-corrected chi connectivity index (χ2v) is 8.13. The summed E-state index contributed by atoms with van der Waals surface area (Å²) in [4.78, 5) is 23.8. The summed E-state index contributed by atoms with van der Waals surface area (Å²) >= 11 is 0. The lowest BCUT2D eigenvalue weighted by atomic mass is 9.90. The molecular formula is C23H25FO4. The summed E-state index contributed by atoms with van der Waals surface area (Å²) in [5.74, 6) is -1.51. The van der Waals surface area contributed by atoms with Crippen LogP contribution in [0.3, 0.4) is 0 Å². The molecule has 3 atom stereocenters. The highest BCUT2D eigenvalue weighted by Crippen LogP contribution is 2.26. The van der Waals surface area contributed by atoms with E-state index >= 15 is 0 Å². The normalized spacial score (nSPS) is 22.4. The Balaban J connectivity index is 1.69. The van der Waals surface area contributed by atoms with Gasteiger partial charge in [-0.25, -0.2) is 4.39 Å². The smallest absolute Gasteiger partial charge is 0.311 e. The Bertz CT molecular complexity index is 897. The lowest BCUT2D eigenvalue weighted by Crippen LogP contribution is -2.42. The van der Waals surface area contributed by atoms with Crippen LogP contribution in [-0.4, -0.2) is 30.6 Å². The maximum absolute atomic E-state index is 14.5. The maximum atomic E-state index is 14.5. The van der Waals surface area contributed by atoms with Gasteiger partial charge < -0.3 is 9.47 Å². The number of rotatable bonds is 5. The molecule has 4 nitrogen and oxygen atoms in total.